The molecule has 126 valence electrons. The number of hydrogen-bond acceptors (Lipinski definition) is 5. The van der Waals surface area contributed by atoms with E-state index in [1.165, 1.54) is 32.2 Å². The molecule has 1 rings (SSSR count). The second-order valence-electron chi connectivity index (χ2n) is 4.16. The molecule has 0 fully saturated rings. The molecule has 0 amide bonds. The zero-order chi connectivity index (χ0) is 16.0. The SMILES string of the molecule is CCOC(=O)C(F)(F)[C@@H](N)c1ccc(OC)c(OCC)c1.Cl. The minimum absolute atomic E-state index is 0. The quantitative estimate of drug-likeness (QED) is 0.773. The summed E-state index contributed by atoms with van der Waals surface area (Å²) in [7, 11) is 1.44. The Balaban J connectivity index is 0.00000441. The maximum atomic E-state index is 13.9. The maximum Gasteiger partial charge on any atom is 0.379 e. The van der Waals surface area contributed by atoms with Gasteiger partial charge in [-0.05, 0) is 31.5 Å². The van der Waals surface area contributed by atoms with Crippen molar-refractivity contribution in [2.75, 3.05) is 20.3 Å². The van der Waals surface area contributed by atoms with E-state index in [0.29, 0.717) is 12.4 Å². The highest BCUT2D eigenvalue weighted by molar-refractivity contribution is 5.85. The summed E-state index contributed by atoms with van der Waals surface area (Å²) in [5, 5.41) is 0. The number of ether oxygens (including phenoxy) is 3. The molecular weight excluding hydrogens is 320 g/mol. The Kier molecular flexibility index (Phi) is 8.11. The molecule has 0 bridgehead atoms. The van der Waals surface area contributed by atoms with Crippen molar-refractivity contribution in [2.24, 2.45) is 5.73 Å². The van der Waals surface area contributed by atoms with E-state index in [1.54, 1.807) is 6.92 Å². The van der Waals surface area contributed by atoms with Gasteiger partial charge in [-0.3, -0.25) is 0 Å². The van der Waals surface area contributed by atoms with Crippen LogP contribution in [0.3, 0.4) is 0 Å². The van der Waals surface area contributed by atoms with Gasteiger partial charge in [-0.25, -0.2) is 4.79 Å². The zero-order valence-corrected chi connectivity index (χ0v) is 13.4. The Morgan fingerprint density at radius 1 is 1.27 bits per heavy atom. The van der Waals surface area contributed by atoms with E-state index in [4.69, 9.17) is 15.2 Å². The fraction of sp³-hybridized carbons (Fsp3) is 0.500. The lowest BCUT2D eigenvalue weighted by Gasteiger charge is -2.22. The molecule has 0 aromatic heterocycles. The van der Waals surface area contributed by atoms with Gasteiger partial charge in [0.15, 0.2) is 11.5 Å². The highest BCUT2D eigenvalue weighted by atomic mass is 35.5. The van der Waals surface area contributed by atoms with Gasteiger partial charge in [0.1, 0.15) is 6.04 Å². The molecule has 0 aliphatic carbocycles. The summed E-state index contributed by atoms with van der Waals surface area (Å²) in [6, 6.07) is 2.32. The van der Waals surface area contributed by atoms with Gasteiger partial charge in [0, 0.05) is 0 Å². The van der Waals surface area contributed by atoms with Crippen LogP contribution in [-0.2, 0) is 9.53 Å². The van der Waals surface area contributed by atoms with Crippen LogP contribution in [0, 0.1) is 0 Å². The summed E-state index contributed by atoms with van der Waals surface area (Å²) in [4.78, 5) is 11.3. The van der Waals surface area contributed by atoms with Gasteiger partial charge in [-0.1, -0.05) is 6.07 Å². The first-order valence-electron chi connectivity index (χ1n) is 6.49. The summed E-state index contributed by atoms with van der Waals surface area (Å²) in [6.07, 6.45) is 0. The zero-order valence-electron chi connectivity index (χ0n) is 12.6. The molecule has 2 N–H and O–H groups in total. The van der Waals surface area contributed by atoms with Crippen molar-refractivity contribution in [2.45, 2.75) is 25.8 Å². The predicted octanol–water partition coefficient (Wildman–Crippen LogP) is 2.71. The first-order valence-corrected chi connectivity index (χ1v) is 6.49. The molecule has 0 aliphatic rings. The number of alkyl halides is 2. The van der Waals surface area contributed by atoms with E-state index in [9.17, 15) is 13.6 Å². The topological polar surface area (TPSA) is 70.8 Å². The third-order valence-electron chi connectivity index (χ3n) is 2.78. The minimum atomic E-state index is -3.83. The molecule has 5 nitrogen and oxygen atoms in total. The molecule has 0 saturated carbocycles. The van der Waals surface area contributed by atoms with Crippen LogP contribution in [0.25, 0.3) is 0 Å². The first kappa shape index (κ1) is 20.4. The third-order valence-corrected chi connectivity index (χ3v) is 2.78. The lowest BCUT2D eigenvalue weighted by Crippen LogP contribution is -2.41. The number of rotatable bonds is 7. The maximum absolute atomic E-state index is 13.9. The van der Waals surface area contributed by atoms with E-state index in [1.807, 2.05) is 0 Å². The monoisotopic (exact) mass is 339 g/mol. The Hall–Kier alpha value is -1.60. The highest BCUT2D eigenvalue weighted by Crippen LogP contribution is 2.35. The number of esters is 1. The van der Waals surface area contributed by atoms with Gasteiger partial charge < -0.3 is 19.9 Å². The van der Waals surface area contributed by atoms with Gasteiger partial charge in [-0.2, -0.15) is 8.78 Å². The van der Waals surface area contributed by atoms with Crippen LogP contribution in [-0.4, -0.2) is 32.2 Å². The van der Waals surface area contributed by atoms with Crippen LogP contribution in [0.2, 0.25) is 0 Å². The third kappa shape index (κ3) is 4.45. The standard InChI is InChI=1S/C14H19F2NO4.ClH/c1-4-20-11-8-9(6-7-10(11)19-3)12(17)14(15,16)13(18)21-5-2;/h6-8,12H,4-5,17H2,1-3H3;1H/t12-;/m0./s1. The predicted molar refractivity (Wildman–Crippen MR) is 79.9 cm³/mol. The summed E-state index contributed by atoms with van der Waals surface area (Å²) >= 11 is 0. The van der Waals surface area contributed by atoms with Gasteiger partial charge >= 0.3 is 11.9 Å². The fourth-order valence-electron chi connectivity index (χ4n) is 1.72. The van der Waals surface area contributed by atoms with E-state index in [2.05, 4.69) is 4.74 Å². The van der Waals surface area contributed by atoms with Gasteiger partial charge in [0.2, 0.25) is 0 Å². The van der Waals surface area contributed by atoms with Crippen molar-refractivity contribution in [3.05, 3.63) is 23.8 Å². The van der Waals surface area contributed by atoms with Crippen molar-refractivity contribution in [3.63, 3.8) is 0 Å². The Bertz CT molecular complexity index is 500. The van der Waals surface area contributed by atoms with Crippen LogP contribution in [0.1, 0.15) is 25.5 Å². The van der Waals surface area contributed by atoms with Crippen LogP contribution in [0.4, 0.5) is 8.78 Å². The van der Waals surface area contributed by atoms with Crippen molar-refractivity contribution < 1.29 is 27.8 Å². The molecular formula is C14H20ClF2NO4. The molecule has 1 aromatic carbocycles. The minimum Gasteiger partial charge on any atom is -0.493 e. The smallest absolute Gasteiger partial charge is 0.379 e. The number of carbonyl (C=O) groups is 1. The summed E-state index contributed by atoms with van der Waals surface area (Å²) < 4.78 is 42.5. The molecule has 22 heavy (non-hydrogen) atoms. The van der Waals surface area contributed by atoms with Crippen molar-refractivity contribution in [3.8, 4) is 11.5 Å². The molecule has 0 heterocycles. The highest BCUT2D eigenvalue weighted by Gasteiger charge is 2.47. The largest absolute Gasteiger partial charge is 0.493 e. The lowest BCUT2D eigenvalue weighted by atomic mass is 10.0. The second kappa shape index (κ2) is 8.75. The number of hydrogen-bond donors (Lipinski definition) is 1. The van der Waals surface area contributed by atoms with Crippen LogP contribution >= 0.6 is 12.4 Å². The van der Waals surface area contributed by atoms with E-state index in [0.717, 1.165) is 0 Å². The first-order chi connectivity index (χ1) is 9.88. The summed E-state index contributed by atoms with van der Waals surface area (Å²) in [5.41, 5.74) is 5.57. The molecule has 1 aromatic rings. The number of halogens is 3. The van der Waals surface area contributed by atoms with Gasteiger partial charge in [0.25, 0.3) is 0 Å². The second-order valence-corrected chi connectivity index (χ2v) is 4.16. The van der Waals surface area contributed by atoms with Crippen molar-refractivity contribution >= 4 is 18.4 Å². The van der Waals surface area contributed by atoms with Gasteiger partial charge in [-0.15, -0.1) is 12.4 Å². The molecule has 0 aliphatic heterocycles. The molecule has 0 saturated heterocycles. The normalized spacial score (nSPS) is 12.1. The van der Waals surface area contributed by atoms with Gasteiger partial charge in [0.05, 0.1) is 20.3 Å². The molecule has 0 spiro atoms. The number of methoxy groups -OCH3 is 1. The molecule has 0 unspecified atom stereocenters. The van der Waals surface area contributed by atoms with Crippen molar-refractivity contribution in [1.29, 1.82) is 0 Å². The number of benzene rings is 1. The van der Waals surface area contributed by atoms with E-state index in [-0.39, 0.29) is 30.3 Å². The molecule has 1 atom stereocenters. The molecule has 0 radical (unpaired) electrons. The lowest BCUT2D eigenvalue weighted by molar-refractivity contribution is -0.174. The Labute approximate surface area is 134 Å². The number of nitrogens with two attached hydrogens (primary N) is 1. The van der Waals surface area contributed by atoms with E-state index >= 15 is 0 Å². The summed E-state index contributed by atoms with van der Waals surface area (Å²) in [6.45, 7) is 3.39. The average Bonchev–Trinajstić information content (AvgIpc) is 2.47. The number of carbonyl (C=O) groups excluding carboxylic acids is 1. The fourth-order valence-corrected chi connectivity index (χ4v) is 1.72. The summed E-state index contributed by atoms with van der Waals surface area (Å²) in [5.74, 6) is -4.79. The molecule has 8 heteroatoms. The van der Waals surface area contributed by atoms with Crippen LogP contribution in [0.15, 0.2) is 18.2 Å². The van der Waals surface area contributed by atoms with Crippen LogP contribution in [0.5, 0.6) is 11.5 Å². The average molecular weight is 340 g/mol. The Morgan fingerprint density at radius 3 is 2.41 bits per heavy atom. The van der Waals surface area contributed by atoms with Crippen LogP contribution < -0.4 is 15.2 Å². The Morgan fingerprint density at radius 2 is 1.91 bits per heavy atom. The van der Waals surface area contributed by atoms with E-state index < -0.39 is 17.9 Å². The van der Waals surface area contributed by atoms with Crippen molar-refractivity contribution in [1.82, 2.24) is 0 Å².